The van der Waals surface area contributed by atoms with Gasteiger partial charge in [0.25, 0.3) is 0 Å². The maximum Gasteiger partial charge on any atom is 0.213 e. The summed E-state index contributed by atoms with van der Waals surface area (Å²) in [4.78, 5) is 6.95. The molecule has 0 spiro atoms. The lowest BCUT2D eigenvalue weighted by atomic mass is 9.85. The summed E-state index contributed by atoms with van der Waals surface area (Å²) in [6.07, 6.45) is 0. The van der Waals surface area contributed by atoms with E-state index >= 15 is 0 Å². The summed E-state index contributed by atoms with van der Waals surface area (Å²) >= 11 is 0. The van der Waals surface area contributed by atoms with Crippen molar-refractivity contribution < 1.29 is 4.74 Å². The average molecular weight is 263 g/mol. The van der Waals surface area contributed by atoms with Gasteiger partial charge in [0.1, 0.15) is 0 Å². The van der Waals surface area contributed by atoms with Crippen LogP contribution in [0.3, 0.4) is 0 Å². The van der Waals surface area contributed by atoms with E-state index in [1.807, 2.05) is 12.1 Å². The lowest BCUT2D eigenvalue weighted by molar-refractivity contribution is 0.128. The minimum Gasteiger partial charge on any atom is -0.481 e. The molecular formula is C15H25N3O. The molecule has 1 aromatic rings. The molecule has 106 valence electrons. The van der Waals surface area contributed by atoms with Crippen LogP contribution in [-0.4, -0.2) is 42.7 Å². The van der Waals surface area contributed by atoms with Crippen molar-refractivity contribution in [2.75, 3.05) is 26.7 Å². The number of aromatic nitrogens is 1. The molecule has 4 heteroatoms. The number of piperazine rings is 1. The van der Waals surface area contributed by atoms with Crippen LogP contribution < -0.4 is 10.1 Å². The summed E-state index contributed by atoms with van der Waals surface area (Å²) in [7, 11) is 1.66. The maximum absolute atomic E-state index is 5.18. The van der Waals surface area contributed by atoms with E-state index < -0.39 is 0 Å². The van der Waals surface area contributed by atoms with Crippen LogP contribution in [-0.2, 0) is 6.54 Å². The number of rotatable bonds is 3. The molecular weight excluding hydrogens is 238 g/mol. The molecule has 2 rings (SSSR count). The monoisotopic (exact) mass is 263 g/mol. The molecule has 19 heavy (non-hydrogen) atoms. The highest BCUT2D eigenvalue weighted by molar-refractivity contribution is 5.15. The van der Waals surface area contributed by atoms with Crippen LogP contribution >= 0.6 is 0 Å². The van der Waals surface area contributed by atoms with Gasteiger partial charge < -0.3 is 10.1 Å². The third-order valence-corrected chi connectivity index (χ3v) is 3.68. The van der Waals surface area contributed by atoms with Crippen molar-refractivity contribution in [1.29, 1.82) is 0 Å². The molecule has 1 atom stereocenters. The first-order valence-electron chi connectivity index (χ1n) is 6.94. The van der Waals surface area contributed by atoms with E-state index in [4.69, 9.17) is 4.74 Å². The van der Waals surface area contributed by atoms with E-state index in [-0.39, 0.29) is 0 Å². The largest absolute Gasteiger partial charge is 0.481 e. The van der Waals surface area contributed by atoms with E-state index in [9.17, 15) is 0 Å². The molecule has 1 aliphatic heterocycles. The highest BCUT2D eigenvalue weighted by atomic mass is 16.5. The molecule has 0 saturated carbocycles. The summed E-state index contributed by atoms with van der Waals surface area (Å²) in [5.41, 5.74) is 1.37. The SMILES string of the molecule is COc1cccc(CN2CCNC(C(C)(C)C)C2)n1. The molecule has 0 aromatic carbocycles. The summed E-state index contributed by atoms with van der Waals surface area (Å²) in [5.74, 6) is 0.694. The second kappa shape index (κ2) is 5.88. The van der Waals surface area contributed by atoms with Crippen molar-refractivity contribution in [3.05, 3.63) is 23.9 Å². The Hall–Kier alpha value is -1.13. The Morgan fingerprint density at radius 1 is 1.42 bits per heavy atom. The Labute approximate surface area is 116 Å². The first kappa shape index (κ1) is 14.3. The lowest BCUT2D eigenvalue weighted by Gasteiger charge is -2.40. The lowest BCUT2D eigenvalue weighted by Crippen LogP contribution is -2.55. The van der Waals surface area contributed by atoms with E-state index in [0.717, 1.165) is 31.9 Å². The standard InChI is InChI=1S/C15H25N3O/c1-15(2,3)13-11-18(9-8-16-13)10-12-6-5-7-14(17-12)19-4/h5-7,13,16H,8-11H2,1-4H3. The van der Waals surface area contributed by atoms with Gasteiger partial charge >= 0.3 is 0 Å². The van der Waals surface area contributed by atoms with E-state index in [1.54, 1.807) is 7.11 Å². The third-order valence-electron chi connectivity index (χ3n) is 3.68. The molecule has 0 radical (unpaired) electrons. The van der Waals surface area contributed by atoms with Crippen molar-refractivity contribution in [2.45, 2.75) is 33.4 Å². The predicted molar refractivity (Wildman–Crippen MR) is 77.3 cm³/mol. The first-order chi connectivity index (χ1) is 8.99. The van der Waals surface area contributed by atoms with Crippen LogP contribution in [0.2, 0.25) is 0 Å². The smallest absolute Gasteiger partial charge is 0.213 e. The van der Waals surface area contributed by atoms with Gasteiger partial charge in [-0.25, -0.2) is 4.98 Å². The molecule has 1 fully saturated rings. The predicted octanol–water partition coefficient (Wildman–Crippen LogP) is 1.91. The quantitative estimate of drug-likeness (QED) is 0.904. The van der Waals surface area contributed by atoms with Gasteiger partial charge in [-0.15, -0.1) is 0 Å². The maximum atomic E-state index is 5.18. The van der Waals surface area contributed by atoms with Crippen LogP contribution in [0.5, 0.6) is 5.88 Å². The zero-order chi connectivity index (χ0) is 13.9. The normalized spacial score (nSPS) is 21.4. The molecule has 2 heterocycles. The fourth-order valence-corrected chi connectivity index (χ4v) is 2.42. The minimum absolute atomic E-state index is 0.292. The van der Waals surface area contributed by atoms with Crippen LogP contribution in [0.1, 0.15) is 26.5 Å². The summed E-state index contributed by atoms with van der Waals surface area (Å²) in [6.45, 7) is 11.0. The number of hydrogen-bond acceptors (Lipinski definition) is 4. The highest BCUT2D eigenvalue weighted by Crippen LogP contribution is 2.22. The zero-order valence-corrected chi connectivity index (χ0v) is 12.4. The molecule has 1 aromatic heterocycles. The fourth-order valence-electron chi connectivity index (χ4n) is 2.42. The number of nitrogens with zero attached hydrogens (tertiary/aromatic N) is 2. The third kappa shape index (κ3) is 3.91. The van der Waals surface area contributed by atoms with Gasteiger partial charge in [0, 0.05) is 38.3 Å². The van der Waals surface area contributed by atoms with Crippen LogP contribution in [0.15, 0.2) is 18.2 Å². The fraction of sp³-hybridized carbons (Fsp3) is 0.667. The van der Waals surface area contributed by atoms with Gasteiger partial charge in [-0.3, -0.25) is 4.90 Å². The van der Waals surface area contributed by atoms with Gasteiger partial charge in [-0.1, -0.05) is 26.8 Å². The number of methoxy groups -OCH3 is 1. The number of pyridine rings is 1. The topological polar surface area (TPSA) is 37.4 Å². The molecule has 1 N–H and O–H groups in total. The zero-order valence-electron chi connectivity index (χ0n) is 12.4. The molecule has 1 saturated heterocycles. The average Bonchev–Trinajstić information content (AvgIpc) is 2.38. The minimum atomic E-state index is 0.292. The van der Waals surface area contributed by atoms with Gasteiger partial charge in [0.05, 0.1) is 12.8 Å². The van der Waals surface area contributed by atoms with E-state index in [0.29, 0.717) is 17.3 Å². The van der Waals surface area contributed by atoms with Crippen molar-refractivity contribution in [3.8, 4) is 5.88 Å². The first-order valence-corrected chi connectivity index (χ1v) is 6.94. The Bertz CT molecular complexity index is 414. The number of hydrogen-bond donors (Lipinski definition) is 1. The summed E-state index contributed by atoms with van der Waals surface area (Å²) in [5, 5.41) is 3.61. The van der Waals surface area contributed by atoms with Gasteiger partial charge in [-0.05, 0) is 11.5 Å². The van der Waals surface area contributed by atoms with Crippen LogP contribution in [0.25, 0.3) is 0 Å². The second-order valence-electron chi connectivity index (χ2n) is 6.28. The Morgan fingerprint density at radius 3 is 2.89 bits per heavy atom. The summed E-state index contributed by atoms with van der Waals surface area (Å²) < 4.78 is 5.18. The molecule has 0 amide bonds. The number of ether oxygens (including phenoxy) is 1. The van der Waals surface area contributed by atoms with Crippen LogP contribution in [0, 0.1) is 5.41 Å². The van der Waals surface area contributed by atoms with E-state index in [1.165, 1.54) is 0 Å². The summed E-state index contributed by atoms with van der Waals surface area (Å²) in [6, 6.07) is 6.49. The van der Waals surface area contributed by atoms with Gasteiger partial charge in [0.2, 0.25) is 5.88 Å². The highest BCUT2D eigenvalue weighted by Gasteiger charge is 2.29. The molecule has 0 aliphatic carbocycles. The molecule has 1 aliphatic rings. The van der Waals surface area contributed by atoms with Crippen LogP contribution in [0.4, 0.5) is 0 Å². The second-order valence-corrected chi connectivity index (χ2v) is 6.28. The molecule has 4 nitrogen and oxygen atoms in total. The molecule has 0 bridgehead atoms. The molecule has 1 unspecified atom stereocenters. The van der Waals surface area contributed by atoms with Crippen molar-refractivity contribution in [2.24, 2.45) is 5.41 Å². The van der Waals surface area contributed by atoms with Crippen molar-refractivity contribution in [3.63, 3.8) is 0 Å². The van der Waals surface area contributed by atoms with Crippen molar-refractivity contribution >= 4 is 0 Å². The van der Waals surface area contributed by atoms with Crippen molar-refractivity contribution in [1.82, 2.24) is 15.2 Å². The number of nitrogens with one attached hydrogen (secondary N) is 1. The Morgan fingerprint density at radius 2 is 2.21 bits per heavy atom. The Balaban J connectivity index is 1.98. The van der Waals surface area contributed by atoms with Gasteiger partial charge in [-0.2, -0.15) is 0 Å². The van der Waals surface area contributed by atoms with E-state index in [2.05, 4.69) is 42.0 Å². The Kier molecular flexibility index (Phi) is 4.42. The van der Waals surface area contributed by atoms with Gasteiger partial charge in [0.15, 0.2) is 0 Å².